The van der Waals surface area contributed by atoms with Crippen molar-refractivity contribution in [2.24, 2.45) is 11.7 Å². The fraction of sp³-hybridized carbons (Fsp3) is 0.900. The maximum absolute atomic E-state index is 11.2. The molecule has 1 amide bonds. The van der Waals surface area contributed by atoms with Crippen molar-refractivity contribution in [3.8, 4) is 0 Å². The van der Waals surface area contributed by atoms with Gasteiger partial charge in [0.2, 0.25) is 5.91 Å². The first-order valence-corrected chi connectivity index (χ1v) is 5.27. The molecule has 1 aliphatic rings. The first-order chi connectivity index (χ1) is 6.24. The Balaban J connectivity index is 2.00. The van der Waals surface area contributed by atoms with Crippen LogP contribution < -0.4 is 11.1 Å². The number of hydrogen-bond acceptors (Lipinski definition) is 2. The molecule has 76 valence electrons. The summed E-state index contributed by atoms with van der Waals surface area (Å²) in [7, 11) is 0. The molecule has 0 aromatic carbocycles. The number of nitrogens with one attached hydrogen (secondary N) is 1. The second kappa shape index (κ2) is 5.22. The molecule has 3 nitrogen and oxygen atoms in total. The Bertz CT molecular complexity index is 166. The molecule has 0 radical (unpaired) electrons. The molecule has 13 heavy (non-hydrogen) atoms. The van der Waals surface area contributed by atoms with Crippen molar-refractivity contribution in [3.63, 3.8) is 0 Å². The molecule has 3 heteroatoms. The second-order valence-corrected chi connectivity index (χ2v) is 3.89. The molecule has 1 atom stereocenters. The van der Waals surface area contributed by atoms with Crippen LogP contribution in [-0.4, -0.2) is 18.5 Å². The Morgan fingerprint density at radius 3 is 2.77 bits per heavy atom. The van der Waals surface area contributed by atoms with Crippen molar-refractivity contribution in [2.45, 2.75) is 45.1 Å². The Morgan fingerprint density at radius 1 is 1.62 bits per heavy atom. The first-order valence-electron chi connectivity index (χ1n) is 5.27. The summed E-state index contributed by atoms with van der Waals surface area (Å²) in [5, 5.41) is 2.87. The van der Waals surface area contributed by atoms with E-state index in [1.807, 2.05) is 6.92 Å². The average molecular weight is 184 g/mol. The molecule has 0 aromatic heterocycles. The molecule has 0 heterocycles. The van der Waals surface area contributed by atoms with Crippen LogP contribution in [0.2, 0.25) is 0 Å². The SMILES string of the molecule is CCC(N)C(=O)NCCC1CCC1. The standard InChI is InChI=1S/C10H20N2O/c1-2-9(11)10(13)12-7-6-8-4-3-5-8/h8-9H,2-7,11H2,1H3,(H,12,13). The number of nitrogens with two attached hydrogens (primary N) is 1. The Morgan fingerprint density at radius 2 is 2.31 bits per heavy atom. The maximum Gasteiger partial charge on any atom is 0.236 e. The number of amides is 1. The lowest BCUT2D eigenvalue weighted by Crippen LogP contribution is -2.40. The molecular formula is C10H20N2O. The number of carbonyl (C=O) groups excluding carboxylic acids is 1. The van der Waals surface area contributed by atoms with Gasteiger partial charge in [-0.25, -0.2) is 0 Å². The summed E-state index contributed by atoms with van der Waals surface area (Å²) in [6.07, 6.45) is 5.90. The molecule has 1 saturated carbocycles. The second-order valence-electron chi connectivity index (χ2n) is 3.89. The molecule has 1 aliphatic carbocycles. The third-order valence-electron chi connectivity index (χ3n) is 2.85. The van der Waals surface area contributed by atoms with Gasteiger partial charge in [-0.3, -0.25) is 4.79 Å². The van der Waals surface area contributed by atoms with Gasteiger partial charge in [0.15, 0.2) is 0 Å². The van der Waals surface area contributed by atoms with Crippen molar-refractivity contribution >= 4 is 5.91 Å². The van der Waals surface area contributed by atoms with E-state index in [0.29, 0.717) is 0 Å². The molecule has 0 aromatic rings. The molecule has 1 fully saturated rings. The van der Waals surface area contributed by atoms with E-state index in [1.54, 1.807) is 0 Å². The van der Waals surface area contributed by atoms with E-state index in [0.717, 1.165) is 25.3 Å². The van der Waals surface area contributed by atoms with Gasteiger partial charge >= 0.3 is 0 Å². The third-order valence-corrected chi connectivity index (χ3v) is 2.85. The van der Waals surface area contributed by atoms with Gasteiger partial charge in [-0.1, -0.05) is 26.2 Å². The monoisotopic (exact) mass is 184 g/mol. The van der Waals surface area contributed by atoms with E-state index in [2.05, 4.69) is 5.32 Å². The Kier molecular flexibility index (Phi) is 4.22. The lowest BCUT2D eigenvalue weighted by molar-refractivity contribution is -0.122. The highest BCUT2D eigenvalue weighted by Gasteiger charge is 2.17. The minimum atomic E-state index is -0.318. The van der Waals surface area contributed by atoms with E-state index in [9.17, 15) is 4.79 Å². The molecule has 1 rings (SSSR count). The van der Waals surface area contributed by atoms with Gasteiger partial charge < -0.3 is 11.1 Å². The zero-order chi connectivity index (χ0) is 9.68. The number of rotatable bonds is 5. The zero-order valence-corrected chi connectivity index (χ0v) is 8.38. The van der Waals surface area contributed by atoms with Gasteiger partial charge in [-0.05, 0) is 18.8 Å². The summed E-state index contributed by atoms with van der Waals surface area (Å²) in [5.41, 5.74) is 5.57. The van der Waals surface area contributed by atoms with Crippen molar-refractivity contribution < 1.29 is 4.79 Å². The first kappa shape index (κ1) is 10.5. The van der Waals surface area contributed by atoms with Crippen LogP contribution in [0.5, 0.6) is 0 Å². The maximum atomic E-state index is 11.2. The molecular weight excluding hydrogens is 164 g/mol. The smallest absolute Gasteiger partial charge is 0.236 e. The van der Waals surface area contributed by atoms with Crippen LogP contribution in [0.25, 0.3) is 0 Å². The summed E-state index contributed by atoms with van der Waals surface area (Å²) in [6.45, 7) is 2.73. The van der Waals surface area contributed by atoms with E-state index in [-0.39, 0.29) is 11.9 Å². The molecule has 3 N–H and O–H groups in total. The highest BCUT2D eigenvalue weighted by atomic mass is 16.2. The summed E-state index contributed by atoms with van der Waals surface area (Å²) in [6, 6.07) is -0.318. The summed E-state index contributed by atoms with van der Waals surface area (Å²) in [4.78, 5) is 11.2. The number of hydrogen-bond donors (Lipinski definition) is 2. The van der Waals surface area contributed by atoms with Gasteiger partial charge in [0.05, 0.1) is 6.04 Å². The predicted octanol–water partition coefficient (Wildman–Crippen LogP) is 1.03. The van der Waals surface area contributed by atoms with Crippen LogP contribution in [0.4, 0.5) is 0 Å². The summed E-state index contributed by atoms with van der Waals surface area (Å²) >= 11 is 0. The summed E-state index contributed by atoms with van der Waals surface area (Å²) < 4.78 is 0. The van der Waals surface area contributed by atoms with E-state index in [1.165, 1.54) is 19.3 Å². The number of carbonyl (C=O) groups is 1. The lowest BCUT2D eigenvalue weighted by atomic mass is 9.83. The minimum absolute atomic E-state index is 0.00169. The van der Waals surface area contributed by atoms with E-state index in [4.69, 9.17) is 5.73 Å². The molecule has 0 bridgehead atoms. The topological polar surface area (TPSA) is 55.1 Å². The average Bonchev–Trinajstić information content (AvgIpc) is 2.07. The van der Waals surface area contributed by atoms with Crippen molar-refractivity contribution in [2.75, 3.05) is 6.54 Å². The van der Waals surface area contributed by atoms with Crippen LogP contribution >= 0.6 is 0 Å². The van der Waals surface area contributed by atoms with E-state index < -0.39 is 0 Å². The van der Waals surface area contributed by atoms with Crippen molar-refractivity contribution in [3.05, 3.63) is 0 Å². The fourth-order valence-electron chi connectivity index (χ4n) is 1.50. The molecule has 1 unspecified atom stereocenters. The molecule has 0 spiro atoms. The van der Waals surface area contributed by atoms with Gasteiger partial charge in [0, 0.05) is 6.54 Å². The Hall–Kier alpha value is -0.570. The van der Waals surface area contributed by atoms with Crippen LogP contribution in [-0.2, 0) is 4.79 Å². The Labute approximate surface area is 80.1 Å². The zero-order valence-electron chi connectivity index (χ0n) is 8.38. The van der Waals surface area contributed by atoms with Crippen molar-refractivity contribution in [1.29, 1.82) is 0 Å². The highest BCUT2D eigenvalue weighted by Crippen LogP contribution is 2.28. The van der Waals surface area contributed by atoms with E-state index >= 15 is 0 Å². The van der Waals surface area contributed by atoms with Gasteiger partial charge in [-0.15, -0.1) is 0 Å². The van der Waals surface area contributed by atoms with Gasteiger partial charge in [-0.2, -0.15) is 0 Å². The highest BCUT2D eigenvalue weighted by molar-refractivity contribution is 5.81. The third kappa shape index (κ3) is 3.35. The molecule has 0 saturated heterocycles. The normalized spacial score (nSPS) is 19.2. The van der Waals surface area contributed by atoms with Crippen LogP contribution in [0.3, 0.4) is 0 Å². The van der Waals surface area contributed by atoms with Gasteiger partial charge in [0.25, 0.3) is 0 Å². The predicted molar refractivity (Wildman–Crippen MR) is 53.2 cm³/mol. The quantitative estimate of drug-likeness (QED) is 0.670. The van der Waals surface area contributed by atoms with Crippen LogP contribution in [0, 0.1) is 5.92 Å². The van der Waals surface area contributed by atoms with Crippen LogP contribution in [0.15, 0.2) is 0 Å². The minimum Gasteiger partial charge on any atom is -0.355 e. The lowest BCUT2D eigenvalue weighted by Gasteiger charge is -2.25. The summed E-state index contributed by atoms with van der Waals surface area (Å²) in [5.74, 6) is 0.861. The van der Waals surface area contributed by atoms with Crippen molar-refractivity contribution in [1.82, 2.24) is 5.32 Å². The molecule has 0 aliphatic heterocycles. The van der Waals surface area contributed by atoms with Gasteiger partial charge in [0.1, 0.15) is 0 Å². The van der Waals surface area contributed by atoms with Crippen LogP contribution in [0.1, 0.15) is 39.0 Å². The fourth-order valence-corrected chi connectivity index (χ4v) is 1.50. The largest absolute Gasteiger partial charge is 0.355 e.